The van der Waals surface area contributed by atoms with E-state index in [2.05, 4.69) is 0 Å². The number of aryl methyl sites for hydroxylation is 2. The molecule has 0 N–H and O–H groups in total. The van der Waals surface area contributed by atoms with Crippen molar-refractivity contribution in [3.05, 3.63) is 98.9 Å². The second kappa shape index (κ2) is 7.63. The van der Waals surface area contributed by atoms with E-state index in [0.29, 0.717) is 22.4 Å². The van der Waals surface area contributed by atoms with E-state index in [9.17, 15) is 14.0 Å². The van der Waals surface area contributed by atoms with E-state index < -0.39 is 11.6 Å². The van der Waals surface area contributed by atoms with Crippen LogP contribution in [0.3, 0.4) is 0 Å². The predicted molar refractivity (Wildman–Crippen MR) is 112 cm³/mol. The maximum atomic E-state index is 13.2. The van der Waals surface area contributed by atoms with E-state index in [-0.39, 0.29) is 12.4 Å². The van der Waals surface area contributed by atoms with Crippen LogP contribution in [0, 0.1) is 26.6 Å². The lowest BCUT2D eigenvalue weighted by Gasteiger charge is -2.10. The maximum Gasteiger partial charge on any atom is 0.340 e. The topological polar surface area (TPSA) is 61.4 Å². The second-order valence-electron chi connectivity index (χ2n) is 7.26. The van der Waals surface area contributed by atoms with Gasteiger partial charge in [0.25, 0.3) is 0 Å². The van der Waals surface area contributed by atoms with Crippen molar-refractivity contribution in [2.45, 2.75) is 27.4 Å². The van der Waals surface area contributed by atoms with Crippen molar-refractivity contribution >= 4 is 16.9 Å². The Kier molecular flexibility index (Phi) is 4.99. The molecule has 0 fully saturated rings. The standard InChI is InChI=1S/C24H20FNO4/c1-14-4-9-20-17(12-23(27)30-22(20)10-14)13-29-24(28)21-11-15(2)26(16(21)3)19-7-5-18(25)6-8-19/h4-12H,13H2,1-3H3. The first-order valence-corrected chi connectivity index (χ1v) is 9.49. The van der Waals surface area contributed by atoms with Gasteiger partial charge in [0, 0.05) is 34.1 Å². The van der Waals surface area contributed by atoms with Crippen LogP contribution in [-0.4, -0.2) is 10.5 Å². The number of aromatic nitrogens is 1. The molecule has 0 spiro atoms. The molecule has 5 nitrogen and oxygen atoms in total. The van der Waals surface area contributed by atoms with E-state index >= 15 is 0 Å². The number of halogens is 1. The second-order valence-corrected chi connectivity index (χ2v) is 7.26. The number of benzene rings is 2. The van der Waals surface area contributed by atoms with Crippen LogP contribution < -0.4 is 5.63 Å². The molecule has 6 heteroatoms. The minimum Gasteiger partial charge on any atom is -0.457 e. The van der Waals surface area contributed by atoms with Crippen molar-refractivity contribution in [1.82, 2.24) is 4.57 Å². The van der Waals surface area contributed by atoms with Crippen molar-refractivity contribution < 1.29 is 18.3 Å². The molecule has 4 aromatic rings. The Morgan fingerprint density at radius 3 is 2.50 bits per heavy atom. The summed E-state index contributed by atoms with van der Waals surface area (Å²) in [6.45, 7) is 5.53. The van der Waals surface area contributed by atoms with Crippen molar-refractivity contribution in [1.29, 1.82) is 0 Å². The van der Waals surface area contributed by atoms with Gasteiger partial charge in [-0.25, -0.2) is 14.0 Å². The van der Waals surface area contributed by atoms with Crippen LogP contribution in [0.25, 0.3) is 16.7 Å². The van der Waals surface area contributed by atoms with E-state index in [0.717, 1.165) is 22.3 Å². The van der Waals surface area contributed by atoms with Gasteiger partial charge in [-0.15, -0.1) is 0 Å². The molecule has 0 saturated heterocycles. The monoisotopic (exact) mass is 405 g/mol. The summed E-state index contributed by atoms with van der Waals surface area (Å²) in [5.41, 5.74) is 4.21. The molecule has 0 bridgehead atoms. The van der Waals surface area contributed by atoms with Gasteiger partial charge in [0.1, 0.15) is 18.0 Å². The number of hydrogen-bond acceptors (Lipinski definition) is 4. The summed E-state index contributed by atoms with van der Waals surface area (Å²) >= 11 is 0. The van der Waals surface area contributed by atoms with E-state index in [1.165, 1.54) is 18.2 Å². The number of esters is 1. The molecular formula is C24H20FNO4. The third-order valence-corrected chi connectivity index (χ3v) is 5.08. The molecule has 4 rings (SSSR count). The Balaban J connectivity index is 1.61. The zero-order valence-electron chi connectivity index (χ0n) is 16.9. The average Bonchev–Trinajstić information content (AvgIpc) is 3.00. The molecule has 0 amide bonds. The molecule has 30 heavy (non-hydrogen) atoms. The Morgan fingerprint density at radius 1 is 1.03 bits per heavy atom. The van der Waals surface area contributed by atoms with Gasteiger partial charge < -0.3 is 13.7 Å². The maximum absolute atomic E-state index is 13.2. The fourth-order valence-corrected chi connectivity index (χ4v) is 3.63. The first kappa shape index (κ1) is 19.6. The minimum absolute atomic E-state index is 0.0514. The number of hydrogen-bond donors (Lipinski definition) is 0. The van der Waals surface area contributed by atoms with Crippen LogP contribution in [0.4, 0.5) is 4.39 Å². The van der Waals surface area contributed by atoms with Crippen molar-refractivity contribution in [2.75, 3.05) is 0 Å². The Morgan fingerprint density at radius 2 is 1.77 bits per heavy atom. The number of carbonyl (C=O) groups excluding carboxylic acids is 1. The fraction of sp³-hybridized carbons (Fsp3) is 0.167. The summed E-state index contributed by atoms with van der Waals surface area (Å²) < 4.78 is 25.9. The van der Waals surface area contributed by atoms with Crippen LogP contribution in [0.15, 0.2) is 63.8 Å². The Bertz CT molecular complexity index is 1320. The van der Waals surface area contributed by atoms with Gasteiger partial charge in [-0.05, 0) is 62.7 Å². The highest BCUT2D eigenvalue weighted by Crippen LogP contribution is 2.23. The highest BCUT2D eigenvalue weighted by atomic mass is 19.1. The zero-order chi connectivity index (χ0) is 21.4. The summed E-state index contributed by atoms with van der Waals surface area (Å²) in [6, 6.07) is 14.7. The Labute approximate surface area is 172 Å². The SMILES string of the molecule is Cc1ccc2c(COC(=O)c3cc(C)n(-c4ccc(F)cc4)c3C)cc(=O)oc2c1. The molecule has 2 aromatic heterocycles. The average molecular weight is 405 g/mol. The van der Waals surface area contributed by atoms with Gasteiger partial charge in [0.15, 0.2) is 0 Å². The first-order valence-electron chi connectivity index (χ1n) is 9.49. The minimum atomic E-state index is -0.495. The molecule has 2 aromatic carbocycles. The molecule has 0 radical (unpaired) electrons. The lowest BCUT2D eigenvalue weighted by Crippen LogP contribution is -2.09. The summed E-state index contributed by atoms with van der Waals surface area (Å²) in [4.78, 5) is 24.6. The molecule has 0 aliphatic carbocycles. The smallest absolute Gasteiger partial charge is 0.340 e. The van der Waals surface area contributed by atoms with E-state index in [1.807, 2.05) is 37.5 Å². The number of rotatable bonds is 4. The third-order valence-electron chi connectivity index (χ3n) is 5.08. The Hall–Kier alpha value is -3.67. The lowest BCUT2D eigenvalue weighted by atomic mass is 10.1. The first-order chi connectivity index (χ1) is 14.3. The van der Waals surface area contributed by atoms with Crippen molar-refractivity contribution in [2.24, 2.45) is 0 Å². The van der Waals surface area contributed by atoms with Gasteiger partial charge >= 0.3 is 11.6 Å². The van der Waals surface area contributed by atoms with Gasteiger partial charge in [-0.3, -0.25) is 0 Å². The molecular weight excluding hydrogens is 385 g/mol. The van der Waals surface area contributed by atoms with Crippen LogP contribution in [0.5, 0.6) is 0 Å². The quantitative estimate of drug-likeness (QED) is 0.354. The number of fused-ring (bicyclic) bond motifs is 1. The molecule has 0 aliphatic rings. The highest BCUT2D eigenvalue weighted by molar-refractivity contribution is 5.91. The van der Waals surface area contributed by atoms with Crippen LogP contribution in [-0.2, 0) is 11.3 Å². The lowest BCUT2D eigenvalue weighted by molar-refractivity contribution is 0.0473. The van der Waals surface area contributed by atoms with Crippen molar-refractivity contribution in [3.8, 4) is 5.69 Å². The normalized spacial score (nSPS) is 11.1. The molecule has 0 aliphatic heterocycles. The zero-order valence-corrected chi connectivity index (χ0v) is 16.9. The fourth-order valence-electron chi connectivity index (χ4n) is 3.63. The predicted octanol–water partition coefficient (Wildman–Crippen LogP) is 5.01. The van der Waals surface area contributed by atoms with Gasteiger partial charge in [-0.1, -0.05) is 12.1 Å². The van der Waals surface area contributed by atoms with Crippen LogP contribution in [0.1, 0.15) is 32.9 Å². The number of carbonyl (C=O) groups is 1. The third kappa shape index (κ3) is 3.64. The summed E-state index contributed by atoms with van der Waals surface area (Å²) in [5.74, 6) is -0.819. The molecule has 2 heterocycles. The largest absolute Gasteiger partial charge is 0.457 e. The molecule has 152 valence electrons. The van der Waals surface area contributed by atoms with Gasteiger partial charge in [0.2, 0.25) is 0 Å². The van der Waals surface area contributed by atoms with Crippen LogP contribution in [0.2, 0.25) is 0 Å². The number of ether oxygens (including phenoxy) is 1. The molecule has 0 atom stereocenters. The summed E-state index contributed by atoms with van der Waals surface area (Å²) in [5, 5.41) is 0.727. The van der Waals surface area contributed by atoms with E-state index in [4.69, 9.17) is 9.15 Å². The summed E-state index contributed by atoms with van der Waals surface area (Å²) in [7, 11) is 0. The molecule has 0 unspecified atom stereocenters. The van der Waals surface area contributed by atoms with Gasteiger partial charge in [0.05, 0.1) is 5.56 Å². The highest BCUT2D eigenvalue weighted by Gasteiger charge is 2.19. The van der Waals surface area contributed by atoms with Crippen molar-refractivity contribution in [3.63, 3.8) is 0 Å². The van der Waals surface area contributed by atoms with Crippen LogP contribution >= 0.6 is 0 Å². The molecule has 0 saturated carbocycles. The number of nitrogens with zero attached hydrogens (tertiary/aromatic N) is 1. The van der Waals surface area contributed by atoms with E-state index in [1.54, 1.807) is 24.3 Å². The van der Waals surface area contributed by atoms with Gasteiger partial charge in [-0.2, -0.15) is 0 Å². The summed E-state index contributed by atoms with van der Waals surface area (Å²) in [6.07, 6.45) is 0.